The fraction of sp³-hybridized carbons (Fsp3) is 0.667. The smallest absolute Gasteiger partial charge is 0.231 e. The number of ether oxygens (including phenoxy) is 1. The maximum atomic E-state index is 13.3. The number of nitrogens with one attached hydrogen (secondary N) is 1. The molecule has 144 valence electrons. The van der Waals surface area contributed by atoms with Crippen LogP contribution in [0.15, 0.2) is 30.3 Å². The molecule has 0 spiro atoms. The van der Waals surface area contributed by atoms with Gasteiger partial charge in [-0.25, -0.2) is 0 Å². The Hall–Kier alpha value is -1.43. The average Bonchev–Trinajstić information content (AvgIpc) is 2.69. The zero-order chi connectivity index (χ0) is 18.4. The van der Waals surface area contributed by atoms with E-state index in [4.69, 9.17) is 4.74 Å². The van der Waals surface area contributed by atoms with Crippen molar-refractivity contribution >= 4 is 5.91 Å². The van der Waals surface area contributed by atoms with Crippen LogP contribution >= 0.6 is 0 Å². The van der Waals surface area contributed by atoms with Gasteiger partial charge >= 0.3 is 0 Å². The Labute approximate surface area is 157 Å². The molecular formula is C21H33N3O2. The number of rotatable bonds is 6. The van der Waals surface area contributed by atoms with Crippen molar-refractivity contribution in [1.29, 1.82) is 0 Å². The molecule has 1 aromatic carbocycles. The fourth-order valence-electron chi connectivity index (χ4n) is 4.45. The number of nitrogens with zero attached hydrogens (tertiary/aromatic N) is 2. The molecule has 2 fully saturated rings. The third-order valence-corrected chi connectivity index (χ3v) is 6.11. The van der Waals surface area contributed by atoms with Gasteiger partial charge in [-0.15, -0.1) is 0 Å². The molecule has 2 heterocycles. The summed E-state index contributed by atoms with van der Waals surface area (Å²) in [5.41, 5.74) is 1.03. The average molecular weight is 360 g/mol. The monoisotopic (exact) mass is 359 g/mol. The lowest BCUT2D eigenvalue weighted by Gasteiger charge is -2.43. The summed E-state index contributed by atoms with van der Waals surface area (Å²) in [5.74, 6) is 0.280. The molecule has 2 saturated heterocycles. The van der Waals surface area contributed by atoms with Crippen LogP contribution in [0.4, 0.5) is 0 Å². The van der Waals surface area contributed by atoms with E-state index < -0.39 is 0 Å². The van der Waals surface area contributed by atoms with Gasteiger partial charge in [0.2, 0.25) is 5.91 Å². The summed E-state index contributed by atoms with van der Waals surface area (Å²) in [6.45, 7) is 5.44. The van der Waals surface area contributed by atoms with Gasteiger partial charge in [-0.2, -0.15) is 0 Å². The lowest BCUT2D eigenvalue weighted by molar-refractivity contribution is -0.149. The van der Waals surface area contributed by atoms with Crippen molar-refractivity contribution in [1.82, 2.24) is 15.1 Å². The van der Waals surface area contributed by atoms with Crippen molar-refractivity contribution in [2.45, 2.75) is 38.3 Å². The number of hydrogen-bond donors (Lipinski definition) is 1. The highest BCUT2D eigenvalue weighted by molar-refractivity contribution is 5.83. The molecule has 0 bridgehead atoms. The largest absolute Gasteiger partial charge is 0.384 e. The predicted molar refractivity (Wildman–Crippen MR) is 104 cm³/mol. The Morgan fingerprint density at radius 1 is 1.23 bits per heavy atom. The highest BCUT2D eigenvalue weighted by Crippen LogP contribution is 2.33. The molecule has 1 aromatic rings. The number of benzene rings is 1. The molecule has 1 N–H and O–H groups in total. The van der Waals surface area contributed by atoms with E-state index in [1.807, 2.05) is 11.9 Å². The molecule has 3 rings (SSSR count). The number of hydrogen-bond acceptors (Lipinski definition) is 4. The number of piperidine rings is 2. The first-order valence-corrected chi connectivity index (χ1v) is 9.88. The Kier molecular flexibility index (Phi) is 6.68. The van der Waals surface area contributed by atoms with E-state index in [0.717, 1.165) is 58.4 Å². The number of carbonyl (C=O) groups excluding carboxylic acids is 1. The van der Waals surface area contributed by atoms with E-state index in [9.17, 15) is 4.79 Å². The summed E-state index contributed by atoms with van der Waals surface area (Å²) in [7, 11) is 3.71. The van der Waals surface area contributed by atoms with Crippen LogP contribution in [-0.2, 0) is 16.1 Å². The fourth-order valence-corrected chi connectivity index (χ4v) is 4.45. The second-order valence-corrected chi connectivity index (χ2v) is 7.87. The topological polar surface area (TPSA) is 44.8 Å². The first-order valence-electron chi connectivity index (χ1n) is 9.88. The third kappa shape index (κ3) is 4.45. The van der Waals surface area contributed by atoms with Crippen LogP contribution < -0.4 is 5.32 Å². The van der Waals surface area contributed by atoms with Crippen LogP contribution in [0, 0.1) is 5.41 Å². The molecule has 0 atom stereocenters. The maximum Gasteiger partial charge on any atom is 0.231 e. The van der Waals surface area contributed by atoms with Crippen LogP contribution in [0.1, 0.15) is 31.2 Å². The van der Waals surface area contributed by atoms with Gasteiger partial charge in [0.25, 0.3) is 0 Å². The minimum Gasteiger partial charge on any atom is -0.384 e. The van der Waals surface area contributed by atoms with Crippen molar-refractivity contribution in [3.05, 3.63) is 35.9 Å². The summed E-state index contributed by atoms with van der Waals surface area (Å²) in [4.78, 5) is 17.8. The molecule has 0 unspecified atom stereocenters. The van der Waals surface area contributed by atoms with Crippen molar-refractivity contribution < 1.29 is 9.53 Å². The van der Waals surface area contributed by atoms with Gasteiger partial charge in [0.1, 0.15) is 0 Å². The van der Waals surface area contributed by atoms with E-state index in [1.165, 1.54) is 5.56 Å². The number of amides is 1. The number of methoxy groups -OCH3 is 1. The SMILES string of the molecule is COCC1(C(=O)N(C)C2CCN(Cc3ccccc3)CC2)CCNCC1. The summed E-state index contributed by atoms with van der Waals surface area (Å²) in [5, 5.41) is 3.37. The van der Waals surface area contributed by atoms with Gasteiger partial charge in [-0.05, 0) is 44.3 Å². The highest BCUT2D eigenvalue weighted by Gasteiger charge is 2.43. The van der Waals surface area contributed by atoms with Gasteiger partial charge in [0.15, 0.2) is 0 Å². The molecular weight excluding hydrogens is 326 g/mol. The molecule has 5 heteroatoms. The Bertz CT molecular complexity index is 558. The molecule has 0 radical (unpaired) electrons. The van der Waals surface area contributed by atoms with Crippen molar-refractivity contribution in [2.24, 2.45) is 5.41 Å². The molecule has 5 nitrogen and oxygen atoms in total. The van der Waals surface area contributed by atoms with E-state index in [-0.39, 0.29) is 11.3 Å². The quantitative estimate of drug-likeness (QED) is 0.845. The van der Waals surface area contributed by atoms with Crippen LogP contribution in [0.2, 0.25) is 0 Å². The van der Waals surface area contributed by atoms with Crippen LogP contribution in [0.25, 0.3) is 0 Å². The number of carbonyl (C=O) groups is 1. The molecule has 0 aliphatic carbocycles. The summed E-state index contributed by atoms with van der Waals surface area (Å²) >= 11 is 0. The molecule has 0 aromatic heterocycles. The second kappa shape index (κ2) is 8.98. The molecule has 2 aliphatic rings. The van der Waals surface area contributed by atoms with Crippen LogP contribution in [0.3, 0.4) is 0 Å². The Morgan fingerprint density at radius 3 is 2.50 bits per heavy atom. The van der Waals surface area contributed by atoms with Gasteiger partial charge in [0, 0.05) is 39.8 Å². The minimum absolute atomic E-state index is 0.280. The van der Waals surface area contributed by atoms with Crippen LogP contribution in [-0.4, -0.2) is 68.7 Å². The van der Waals surface area contributed by atoms with Gasteiger partial charge < -0.3 is 15.0 Å². The third-order valence-electron chi connectivity index (χ3n) is 6.11. The first kappa shape index (κ1) is 19.3. The maximum absolute atomic E-state index is 13.3. The standard InChI is InChI=1S/C21H33N3O2/c1-23(20(25)21(17-26-2)10-12-22-13-11-21)19-8-14-24(15-9-19)16-18-6-4-3-5-7-18/h3-7,19,22H,8-17H2,1-2H3. The van der Waals surface area contributed by atoms with Gasteiger partial charge in [-0.1, -0.05) is 30.3 Å². The number of likely N-dealkylation sites (tertiary alicyclic amines) is 1. The molecule has 2 aliphatic heterocycles. The van der Waals surface area contributed by atoms with Crippen molar-refractivity contribution in [3.8, 4) is 0 Å². The lowest BCUT2D eigenvalue weighted by atomic mass is 9.78. The molecule has 1 amide bonds. The minimum atomic E-state index is -0.337. The van der Waals surface area contributed by atoms with Crippen LogP contribution in [0.5, 0.6) is 0 Å². The van der Waals surface area contributed by atoms with E-state index in [2.05, 4.69) is 40.5 Å². The zero-order valence-electron chi connectivity index (χ0n) is 16.2. The van der Waals surface area contributed by atoms with E-state index in [0.29, 0.717) is 12.6 Å². The summed E-state index contributed by atoms with van der Waals surface area (Å²) < 4.78 is 5.44. The van der Waals surface area contributed by atoms with Crippen molar-refractivity contribution in [2.75, 3.05) is 46.9 Å². The predicted octanol–water partition coefficient (Wildman–Crippen LogP) is 2.13. The van der Waals surface area contributed by atoms with Crippen molar-refractivity contribution in [3.63, 3.8) is 0 Å². The van der Waals surface area contributed by atoms with E-state index >= 15 is 0 Å². The van der Waals surface area contributed by atoms with Gasteiger partial charge in [-0.3, -0.25) is 9.69 Å². The summed E-state index contributed by atoms with van der Waals surface area (Å²) in [6, 6.07) is 11.0. The zero-order valence-corrected chi connectivity index (χ0v) is 16.2. The Balaban J connectivity index is 1.55. The summed E-state index contributed by atoms with van der Waals surface area (Å²) in [6.07, 6.45) is 3.85. The second-order valence-electron chi connectivity index (χ2n) is 7.87. The normalized spacial score (nSPS) is 21.5. The Morgan fingerprint density at radius 2 is 1.88 bits per heavy atom. The molecule has 0 saturated carbocycles. The van der Waals surface area contributed by atoms with E-state index in [1.54, 1.807) is 7.11 Å². The first-order chi connectivity index (χ1) is 12.6. The highest BCUT2D eigenvalue weighted by atomic mass is 16.5. The lowest BCUT2D eigenvalue weighted by Crippen LogP contribution is -2.54. The van der Waals surface area contributed by atoms with Gasteiger partial charge in [0.05, 0.1) is 12.0 Å². The molecule has 26 heavy (non-hydrogen) atoms.